The first kappa shape index (κ1) is 27.2. The van der Waals surface area contributed by atoms with Gasteiger partial charge in [-0.15, -0.1) is 0 Å². The summed E-state index contributed by atoms with van der Waals surface area (Å²) in [5.41, 5.74) is 3.40. The van der Waals surface area contributed by atoms with Crippen molar-refractivity contribution in [3.63, 3.8) is 0 Å². The van der Waals surface area contributed by atoms with Crippen LogP contribution in [-0.2, 0) is 16.1 Å². The molecule has 8 heteroatoms. The highest BCUT2D eigenvalue weighted by molar-refractivity contribution is 6.04. The molecule has 2 aromatic carbocycles. The van der Waals surface area contributed by atoms with Gasteiger partial charge in [0.1, 0.15) is 0 Å². The zero-order valence-corrected chi connectivity index (χ0v) is 22.2. The second-order valence-corrected chi connectivity index (χ2v) is 9.49. The lowest BCUT2D eigenvalue weighted by molar-refractivity contribution is -0.132. The zero-order chi connectivity index (χ0) is 26.2. The summed E-state index contributed by atoms with van der Waals surface area (Å²) in [4.78, 5) is 27.3. The summed E-state index contributed by atoms with van der Waals surface area (Å²) < 4.78 is 10.7. The third-order valence-electron chi connectivity index (χ3n) is 6.32. The lowest BCUT2D eigenvalue weighted by Gasteiger charge is -2.30. The Bertz CT molecular complexity index is 1070. The molecule has 0 bridgehead atoms. The third-order valence-corrected chi connectivity index (χ3v) is 6.32. The SMILES string of the molecule is COc1ccc(C2=NN(Cc3ccc(NC(=O)CCN(C(C)C)C(C)C)cc3)C(=O)CC2)cc1OC. The number of nitrogens with zero attached hydrogens (tertiary/aromatic N) is 3. The first-order chi connectivity index (χ1) is 17.2. The molecule has 0 atom stereocenters. The van der Waals surface area contributed by atoms with Gasteiger partial charge in [0, 0.05) is 49.1 Å². The third kappa shape index (κ3) is 7.07. The number of hydrogen-bond donors (Lipinski definition) is 1. The van der Waals surface area contributed by atoms with Gasteiger partial charge in [-0.05, 0) is 63.6 Å². The first-order valence-electron chi connectivity index (χ1n) is 12.5. The van der Waals surface area contributed by atoms with Crippen LogP contribution in [0.15, 0.2) is 47.6 Å². The van der Waals surface area contributed by atoms with Crippen molar-refractivity contribution in [2.24, 2.45) is 5.10 Å². The van der Waals surface area contributed by atoms with Crippen molar-refractivity contribution in [2.75, 3.05) is 26.1 Å². The summed E-state index contributed by atoms with van der Waals surface area (Å²) in [5.74, 6) is 1.25. The van der Waals surface area contributed by atoms with Crippen LogP contribution in [0.2, 0.25) is 0 Å². The van der Waals surface area contributed by atoms with Crippen molar-refractivity contribution in [1.82, 2.24) is 9.91 Å². The van der Waals surface area contributed by atoms with E-state index in [0.29, 0.717) is 49.4 Å². The Morgan fingerprint density at radius 2 is 1.67 bits per heavy atom. The Morgan fingerprint density at radius 3 is 2.28 bits per heavy atom. The zero-order valence-electron chi connectivity index (χ0n) is 22.2. The van der Waals surface area contributed by atoms with Crippen molar-refractivity contribution in [3.8, 4) is 11.5 Å². The van der Waals surface area contributed by atoms with Crippen LogP contribution >= 0.6 is 0 Å². The second-order valence-electron chi connectivity index (χ2n) is 9.49. The number of hydrazone groups is 1. The highest BCUT2D eigenvalue weighted by Gasteiger charge is 2.22. The number of ether oxygens (including phenoxy) is 2. The normalized spacial score (nSPS) is 13.9. The number of methoxy groups -OCH3 is 2. The number of rotatable bonds is 11. The van der Waals surface area contributed by atoms with Gasteiger partial charge in [-0.2, -0.15) is 5.10 Å². The largest absolute Gasteiger partial charge is 0.493 e. The van der Waals surface area contributed by atoms with E-state index < -0.39 is 0 Å². The standard InChI is InChI=1S/C28H38N4O4/c1-19(2)31(20(3)4)16-15-27(33)29-23-10-7-21(8-11-23)18-32-28(34)14-12-24(30-32)22-9-13-25(35-5)26(17-22)36-6/h7-11,13,17,19-20H,12,14-16,18H2,1-6H3,(H,29,33). The van der Waals surface area contributed by atoms with Gasteiger partial charge in [0.15, 0.2) is 11.5 Å². The smallest absolute Gasteiger partial charge is 0.243 e. The molecular weight excluding hydrogens is 456 g/mol. The molecule has 1 aliphatic heterocycles. The molecular formula is C28H38N4O4. The van der Waals surface area contributed by atoms with Gasteiger partial charge in [0.2, 0.25) is 11.8 Å². The maximum Gasteiger partial charge on any atom is 0.243 e. The van der Waals surface area contributed by atoms with Crippen LogP contribution in [0.25, 0.3) is 0 Å². The van der Waals surface area contributed by atoms with E-state index >= 15 is 0 Å². The van der Waals surface area contributed by atoms with Gasteiger partial charge in [-0.1, -0.05) is 12.1 Å². The molecule has 0 spiro atoms. The summed E-state index contributed by atoms with van der Waals surface area (Å²) in [5, 5.41) is 9.11. The fraction of sp³-hybridized carbons (Fsp3) is 0.464. The van der Waals surface area contributed by atoms with Crippen LogP contribution in [0.3, 0.4) is 0 Å². The van der Waals surface area contributed by atoms with E-state index in [1.165, 1.54) is 5.01 Å². The number of hydrogen-bond acceptors (Lipinski definition) is 6. The molecule has 0 saturated heterocycles. The summed E-state index contributed by atoms with van der Waals surface area (Å²) in [7, 11) is 3.19. The fourth-order valence-corrected chi connectivity index (χ4v) is 4.38. The van der Waals surface area contributed by atoms with Gasteiger partial charge in [0.05, 0.1) is 26.5 Å². The van der Waals surface area contributed by atoms with Gasteiger partial charge < -0.3 is 14.8 Å². The number of nitrogens with one attached hydrogen (secondary N) is 1. The predicted molar refractivity (Wildman–Crippen MR) is 143 cm³/mol. The molecule has 1 heterocycles. The van der Waals surface area contributed by atoms with Crippen molar-refractivity contribution in [3.05, 3.63) is 53.6 Å². The van der Waals surface area contributed by atoms with E-state index in [9.17, 15) is 9.59 Å². The Hall–Kier alpha value is -3.39. The Kier molecular flexibility index (Phi) is 9.47. The van der Waals surface area contributed by atoms with Crippen LogP contribution < -0.4 is 14.8 Å². The van der Waals surface area contributed by atoms with Crippen molar-refractivity contribution in [1.29, 1.82) is 0 Å². The van der Waals surface area contributed by atoms with E-state index in [-0.39, 0.29) is 11.8 Å². The van der Waals surface area contributed by atoms with Crippen molar-refractivity contribution in [2.45, 2.75) is 65.6 Å². The Labute approximate surface area is 214 Å². The molecule has 0 radical (unpaired) electrons. The lowest BCUT2D eigenvalue weighted by Crippen LogP contribution is -2.39. The molecule has 2 amide bonds. The second kappa shape index (κ2) is 12.5. The van der Waals surface area contributed by atoms with Crippen LogP contribution in [-0.4, -0.2) is 60.3 Å². The topological polar surface area (TPSA) is 83.5 Å². The fourth-order valence-electron chi connectivity index (χ4n) is 4.38. The molecule has 0 aliphatic carbocycles. The van der Waals surface area contributed by atoms with Crippen LogP contribution in [0, 0.1) is 0 Å². The average Bonchev–Trinajstić information content (AvgIpc) is 2.85. The molecule has 0 fully saturated rings. The van der Waals surface area contributed by atoms with Gasteiger partial charge in [-0.25, -0.2) is 5.01 Å². The van der Waals surface area contributed by atoms with Crippen molar-refractivity contribution < 1.29 is 19.1 Å². The minimum absolute atomic E-state index is 0.00980. The molecule has 0 saturated carbocycles. The predicted octanol–water partition coefficient (Wildman–Crippen LogP) is 4.68. The Morgan fingerprint density at radius 1 is 1.00 bits per heavy atom. The van der Waals surface area contributed by atoms with Gasteiger partial charge in [0.25, 0.3) is 0 Å². The van der Waals surface area contributed by atoms with E-state index in [1.807, 2.05) is 42.5 Å². The number of carbonyl (C=O) groups is 2. The van der Waals surface area contributed by atoms with Gasteiger partial charge in [-0.3, -0.25) is 14.5 Å². The highest BCUT2D eigenvalue weighted by Crippen LogP contribution is 2.29. The molecule has 3 rings (SSSR count). The Balaban J connectivity index is 1.62. The van der Waals surface area contributed by atoms with E-state index in [1.54, 1.807) is 14.2 Å². The quantitative estimate of drug-likeness (QED) is 0.491. The monoisotopic (exact) mass is 494 g/mol. The first-order valence-corrected chi connectivity index (χ1v) is 12.5. The molecule has 194 valence electrons. The van der Waals surface area contributed by atoms with Crippen LogP contribution in [0.1, 0.15) is 58.1 Å². The molecule has 0 aromatic heterocycles. The van der Waals surface area contributed by atoms with Crippen molar-refractivity contribution >= 4 is 23.2 Å². The molecule has 8 nitrogen and oxygen atoms in total. The maximum atomic E-state index is 12.5. The summed E-state index contributed by atoms with van der Waals surface area (Å²) >= 11 is 0. The van der Waals surface area contributed by atoms with E-state index in [2.05, 4.69) is 43.0 Å². The van der Waals surface area contributed by atoms with E-state index in [0.717, 1.165) is 29.1 Å². The molecule has 1 aliphatic rings. The number of benzene rings is 2. The molecule has 2 aromatic rings. The lowest BCUT2D eigenvalue weighted by atomic mass is 10.0. The molecule has 36 heavy (non-hydrogen) atoms. The van der Waals surface area contributed by atoms with Crippen LogP contribution in [0.5, 0.6) is 11.5 Å². The molecule has 0 unspecified atom stereocenters. The number of carbonyl (C=O) groups excluding carboxylic acids is 2. The van der Waals surface area contributed by atoms with Gasteiger partial charge >= 0.3 is 0 Å². The highest BCUT2D eigenvalue weighted by atomic mass is 16.5. The molecule has 1 N–H and O–H groups in total. The summed E-state index contributed by atoms with van der Waals surface area (Å²) in [6.45, 7) is 9.66. The number of anilines is 1. The minimum Gasteiger partial charge on any atom is -0.493 e. The van der Waals surface area contributed by atoms with E-state index in [4.69, 9.17) is 9.47 Å². The van der Waals surface area contributed by atoms with Crippen LogP contribution in [0.4, 0.5) is 5.69 Å². The average molecular weight is 495 g/mol. The minimum atomic E-state index is -0.0172. The maximum absolute atomic E-state index is 12.5. The number of amides is 2. The summed E-state index contributed by atoms with van der Waals surface area (Å²) in [6.07, 6.45) is 1.40. The summed E-state index contributed by atoms with van der Waals surface area (Å²) in [6, 6.07) is 14.0.